The van der Waals surface area contributed by atoms with E-state index < -0.39 is 0 Å². The van der Waals surface area contributed by atoms with Crippen LogP contribution in [0.2, 0.25) is 0 Å². The average molecular weight is 268 g/mol. The molecule has 0 aliphatic carbocycles. The molecule has 20 heavy (non-hydrogen) atoms. The van der Waals surface area contributed by atoms with Crippen molar-refractivity contribution >= 4 is 16.7 Å². The van der Waals surface area contributed by atoms with Crippen molar-refractivity contribution in [2.75, 3.05) is 5.43 Å². The quantitative estimate of drug-likeness (QED) is 0.502. The first-order chi connectivity index (χ1) is 9.74. The van der Waals surface area contributed by atoms with Crippen LogP contribution in [0.5, 0.6) is 5.75 Å². The number of rotatable bonds is 4. The third kappa shape index (κ3) is 2.57. The highest BCUT2D eigenvalue weighted by Gasteiger charge is 2.04. The molecule has 2 aromatic carbocycles. The highest BCUT2D eigenvalue weighted by atomic mass is 16.5. The molecule has 0 unspecified atom stereocenters. The normalized spacial score (nSPS) is 10.7. The van der Waals surface area contributed by atoms with Gasteiger partial charge >= 0.3 is 0 Å². The van der Waals surface area contributed by atoms with Gasteiger partial charge in [-0.15, -0.1) is 0 Å². The average Bonchev–Trinajstić information content (AvgIpc) is 2.88. The van der Waals surface area contributed by atoms with Crippen LogP contribution in [-0.4, -0.2) is 9.97 Å². The Morgan fingerprint density at radius 1 is 1.20 bits per heavy atom. The second-order valence-electron chi connectivity index (χ2n) is 4.66. The molecule has 0 radical (unpaired) electrons. The molecule has 0 amide bonds. The first-order valence-electron chi connectivity index (χ1n) is 6.39. The Kier molecular flexibility index (Phi) is 3.26. The van der Waals surface area contributed by atoms with E-state index >= 15 is 0 Å². The van der Waals surface area contributed by atoms with Gasteiger partial charge in [-0.3, -0.25) is 5.84 Å². The van der Waals surface area contributed by atoms with E-state index in [-0.39, 0.29) is 0 Å². The van der Waals surface area contributed by atoms with Gasteiger partial charge in [0.05, 0.1) is 16.7 Å². The van der Waals surface area contributed by atoms with Crippen LogP contribution in [0.15, 0.2) is 42.5 Å². The van der Waals surface area contributed by atoms with E-state index in [4.69, 9.17) is 10.6 Å². The Morgan fingerprint density at radius 2 is 2.00 bits per heavy atom. The van der Waals surface area contributed by atoms with Crippen LogP contribution in [0.4, 0.5) is 5.69 Å². The van der Waals surface area contributed by atoms with E-state index in [0.717, 1.165) is 28.3 Å². The Hall–Kier alpha value is -2.53. The lowest BCUT2D eigenvalue weighted by Crippen LogP contribution is -2.05. The zero-order chi connectivity index (χ0) is 13.9. The highest BCUT2D eigenvalue weighted by Crippen LogP contribution is 2.18. The highest BCUT2D eigenvalue weighted by molar-refractivity contribution is 5.79. The Labute approximate surface area is 116 Å². The van der Waals surface area contributed by atoms with Crippen molar-refractivity contribution in [3.8, 4) is 5.75 Å². The van der Waals surface area contributed by atoms with Crippen LogP contribution in [0.1, 0.15) is 11.4 Å². The maximum atomic E-state index is 5.70. The minimum absolute atomic E-state index is 0.406. The second-order valence-corrected chi connectivity index (χ2v) is 4.66. The molecule has 0 bridgehead atoms. The minimum atomic E-state index is 0.406. The maximum Gasteiger partial charge on any atom is 0.146 e. The number of fused-ring (bicyclic) bond motifs is 1. The number of anilines is 1. The largest absolute Gasteiger partial charge is 0.486 e. The Balaban J connectivity index is 1.75. The number of imidazole rings is 1. The number of nitrogens with one attached hydrogen (secondary N) is 2. The van der Waals surface area contributed by atoms with Gasteiger partial charge in [-0.25, -0.2) is 4.98 Å². The van der Waals surface area contributed by atoms with Crippen molar-refractivity contribution < 1.29 is 4.74 Å². The maximum absolute atomic E-state index is 5.70. The standard InChI is InChI=1S/C15H16N4O/c1-10-2-5-12(6-3-10)20-9-15-17-13-7-4-11(19-16)8-14(13)18-15/h2-8,19H,9,16H2,1H3,(H,17,18). The molecular weight excluding hydrogens is 252 g/mol. The molecule has 102 valence electrons. The SMILES string of the molecule is Cc1ccc(OCc2nc3ccc(NN)cc3[nH]2)cc1. The number of nitrogen functional groups attached to an aromatic ring is 1. The summed E-state index contributed by atoms with van der Waals surface area (Å²) in [6.45, 7) is 2.45. The number of aromatic amines is 1. The number of hydrogen-bond donors (Lipinski definition) is 3. The summed E-state index contributed by atoms with van der Waals surface area (Å²) in [4.78, 5) is 7.69. The van der Waals surface area contributed by atoms with Crippen molar-refractivity contribution in [2.45, 2.75) is 13.5 Å². The van der Waals surface area contributed by atoms with Gasteiger partial charge in [0.2, 0.25) is 0 Å². The van der Waals surface area contributed by atoms with Crippen LogP contribution < -0.4 is 16.0 Å². The summed E-state index contributed by atoms with van der Waals surface area (Å²) in [5.74, 6) is 7.01. The molecule has 0 saturated heterocycles. The zero-order valence-corrected chi connectivity index (χ0v) is 11.2. The summed E-state index contributed by atoms with van der Waals surface area (Å²) in [6, 6.07) is 13.7. The molecule has 0 aliphatic rings. The third-order valence-corrected chi connectivity index (χ3v) is 3.09. The lowest BCUT2D eigenvalue weighted by Gasteiger charge is -2.03. The van der Waals surface area contributed by atoms with Gasteiger partial charge in [-0.2, -0.15) is 0 Å². The molecule has 5 heteroatoms. The molecule has 3 rings (SSSR count). The summed E-state index contributed by atoms with van der Waals surface area (Å²) in [5.41, 5.74) is 6.49. The number of hydrazine groups is 1. The third-order valence-electron chi connectivity index (χ3n) is 3.09. The number of H-pyrrole nitrogens is 1. The van der Waals surface area contributed by atoms with Crippen molar-refractivity contribution in [3.63, 3.8) is 0 Å². The van der Waals surface area contributed by atoms with Crippen LogP contribution in [0, 0.1) is 6.92 Å². The van der Waals surface area contributed by atoms with Crippen LogP contribution in [0.3, 0.4) is 0 Å². The zero-order valence-electron chi connectivity index (χ0n) is 11.2. The van der Waals surface area contributed by atoms with Gasteiger partial charge in [-0.1, -0.05) is 17.7 Å². The Morgan fingerprint density at radius 3 is 2.75 bits per heavy atom. The molecule has 1 aromatic heterocycles. The molecular formula is C15H16N4O. The predicted octanol–water partition coefficient (Wildman–Crippen LogP) is 2.74. The fraction of sp³-hybridized carbons (Fsp3) is 0.133. The molecule has 5 nitrogen and oxygen atoms in total. The fourth-order valence-electron chi connectivity index (χ4n) is 2.01. The van der Waals surface area contributed by atoms with E-state index in [2.05, 4.69) is 15.4 Å². The van der Waals surface area contributed by atoms with E-state index in [1.54, 1.807) is 0 Å². The number of benzene rings is 2. The summed E-state index contributed by atoms with van der Waals surface area (Å²) < 4.78 is 5.70. The lowest BCUT2D eigenvalue weighted by atomic mass is 10.2. The minimum Gasteiger partial charge on any atom is -0.486 e. The van der Waals surface area contributed by atoms with Crippen LogP contribution in [-0.2, 0) is 6.61 Å². The van der Waals surface area contributed by atoms with Crippen LogP contribution >= 0.6 is 0 Å². The number of aromatic nitrogens is 2. The summed E-state index contributed by atoms with van der Waals surface area (Å²) in [6.07, 6.45) is 0. The van der Waals surface area contributed by atoms with E-state index in [9.17, 15) is 0 Å². The smallest absolute Gasteiger partial charge is 0.146 e. The molecule has 1 heterocycles. The van der Waals surface area contributed by atoms with Crippen molar-refractivity contribution in [1.29, 1.82) is 0 Å². The molecule has 0 spiro atoms. The first kappa shape index (κ1) is 12.5. The van der Waals surface area contributed by atoms with Gasteiger partial charge < -0.3 is 15.1 Å². The number of nitrogens with two attached hydrogens (primary N) is 1. The van der Waals surface area contributed by atoms with Gasteiger partial charge in [0.25, 0.3) is 0 Å². The van der Waals surface area contributed by atoms with Gasteiger partial charge in [0.1, 0.15) is 18.2 Å². The van der Waals surface area contributed by atoms with Gasteiger partial charge in [0, 0.05) is 0 Å². The molecule has 0 atom stereocenters. The van der Waals surface area contributed by atoms with E-state index in [1.165, 1.54) is 5.56 Å². The fourth-order valence-corrected chi connectivity index (χ4v) is 2.01. The van der Waals surface area contributed by atoms with Gasteiger partial charge in [-0.05, 0) is 37.3 Å². The topological polar surface area (TPSA) is 76.0 Å². The number of ether oxygens (including phenoxy) is 1. The molecule has 0 saturated carbocycles. The second kappa shape index (κ2) is 5.22. The summed E-state index contributed by atoms with van der Waals surface area (Å²) in [5, 5.41) is 0. The van der Waals surface area contributed by atoms with Crippen molar-refractivity contribution in [1.82, 2.24) is 9.97 Å². The molecule has 3 aromatic rings. The number of aryl methyl sites for hydroxylation is 1. The lowest BCUT2D eigenvalue weighted by molar-refractivity contribution is 0.297. The number of nitrogens with zero attached hydrogens (tertiary/aromatic N) is 1. The molecule has 0 aliphatic heterocycles. The predicted molar refractivity (Wildman–Crippen MR) is 79.4 cm³/mol. The van der Waals surface area contributed by atoms with Gasteiger partial charge in [0.15, 0.2) is 0 Å². The monoisotopic (exact) mass is 268 g/mol. The Bertz CT molecular complexity index is 718. The summed E-state index contributed by atoms with van der Waals surface area (Å²) in [7, 11) is 0. The van der Waals surface area contributed by atoms with Crippen LogP contribution in [0.25, 0.3) is 11.0 Å². The molecule has 4 N–H and O–H groups in total. The number of hydrogen-bond acceptors (Lipinski definition) is 4. The van der Waals surface area contributed by atoms with Crippen molar-refractivity contribution in [2.24, 2.45) is 5.84 Å². The van der Waals surface area contributed by atoms with Crippen molar-refractivity contribution in [3.05, 3.63) is 53.9 Å². The van der Waals surface area contributed by atoms with E-state index in [1.807, 2.05) is 49.4 Å². The molecule has 0 fully saturated rings. The van der Waals surface area contributed by atoms with E-state index in [0.29, 0.717) is 6.61 Å². The first-order valence-corrected chi connectivity index (χ1v) is 6.39. The summed E-state index contributed by atoms with van der Waals surface area (Å²) >= 11 is 0.